The lowest BCUT2D eigenvalue weighted by Gasteiger charge is -2.07. The fraction of sp³-hybridized carbons (Fsp3) is 0.556. The molecule has 0 saturated carbocycles. The molecule has 0 amide bonds. The molecule has 0 spiro atoms. The lowest BCUT2D eigenvalue weighted by molar-refractivity contribution is 0.0580. The van der Waals surface area contributed by atoms with Gasteiger partial charge in [0.2, 0.25) is 0 Å². The topological polar surface area (TPSA) is 53.5 Å². The summed E-state index contributed by atoms with van der Waals surface area (Å²) in [6.45, 7) is 9.59. The van der Waals surface area contributed by atoms with Crippen molar-refractivity contribution in [2.24, 2.45) is 0 Å². The highest BCUT2D eigenvalue weighted by molar-refractivity contribution is 5.25. The summed E-state index contributed by atoms with van der Waals surface area (Å²) in [5, 5.41) is 12.7. The van der Waals surface area contributed by atoms with Crippen molar-refractivity contribution in [2.45, 2.75) is 38.5 Å². The number of nitrogens with one attached hydrogen (secondary N) is 2. The van der Waals surface area contributed by atoms with Crippen LogP contribution in [0.3, 0.4) is 0 Å². The Labute approximate surface area is 135 Å². The second-order valence-corrected chi connectivity index (χ2v) is 5.12. The van der Waals surface area contributed by atoms with E-state index in [4.69, 9.17) is 4.84 Å². The molecule has 126 valence electrons. The predicted molar refractivity (Wildman–Crippen MR) is 94.8 cm³/mol. The van der Waals surface area contributed by atoms with Gasteiger partial charge < -0.3 is 10.4 Å². The lowest BCUT2D eigenvalue weighted by Crippen LogP contribution is -2.18. The third kappa shape index (κ3) is 13.6. The Bertz CT molecular complexity index is 349. The molecule has 0 saturated heterocycles. The highest BCUT2D eigenvalue weighted by Gasteiger charge is 1.97. The van der Waals surface area contributed by atoms with E-state index in [1.165, 1.54) is 18.9 Å². The van der Waals surface area contributed by atoms with Crippen LogP contribution in [0.2, 0.25) is 0 Å². The molecule has 0 fully saturated rings. The summed E-state index contributed by atoms with van der Waals surface area (Å²) in [6, 6.07) is 0. The summed E-state index contributed by atoms with van der Waals surface area (Å²) in [6.07, 6.45) is 13.5. The Hall–Kier alpha value is -1.36. The number of unbranched alkanes of at least 4 members (excludes halogenated alkanes) is 4. The molecule has 0 bridgehead atoms. The highest BCUT2D eigenvalue weighted by Crippen LogP contribution is 2.07. The van der Waals surface area contributed by atoms with E-state index in [9.17, 15) is 5.11 Å². The van der Waals surface area contributed by atoms with E-state index in [1.54, 1.807) is 6.08 Å². The van der Waals surface area contributed by atoms with Crippen LogP contribution in [0.1, 0.15) is 38.5 Å². The maximum absolute atomic E-state index is 9.56. The van der Waals surface area contributed by atoms with E-state index in [2.05, 4.69) is 30.0 Å². The quantitative estimate of drug-likeness (QED) is 0.142. The molecule has 0 aromatic heterocycles. The van der Waals surface area contributed by atoms with Gasteiger partial charge >= 0.3 is 0 Å². The summed E-state index contributed by atoms with van der Waals surface area (Å²) in [4.78, 5) is 5.46. The third-order valence-electron chi connectivity index (χ3n) is 3.11. The van der Waals surface area contributed by atoms with Crippen molar-refractivity contribution < 1.29 is 9.94 Å². The van der Waals surface area contributed by atoms with E-state index < -0.39 is 0 Å². The molecule has 0 aliphatic carbocycles. The number of allylic oxidation sites excluding steroid dienone is 3. The summed E-state index contributed by atoms with van der Waals surface area (Å²) in [5.74, 6) is 0.158. The van der Waals surface area contributed by atoms with Crippen LogP contribution in [-0.4, -0.2) is 31.9 Å². The van der Waals surface area contributed by atoms with E-state index in [1.807, 2.05) is 13.1 Å². The summed E-state index contributed by atoms with van der Waals surface area (Å²) in [5.41, 5.74) is 3.92. The van der Waals surface area contributed by atoms with Gasteiger partial charge in [-0.15, -0.1) is 6.58 Å². The number of aliphatic hydroxyl groups is 1. The van der Waals surface area contributed by atoms with Gasteiger partial charge in [-0.2, -0.15) is 0 Å². The molecular weight excluding hydrogens is 276 g/mol. The van der Waals surface area contributed by atoms with Crippen molar-refractivity contribution in [1.29, 1.82) is 0 Å². The summed E-state index contributed by atoms with van der Waals surface area (Å²) < 4.78 is 0. The Morgan fingerprint density at radius 2 is 1.86 bits per heavy atom. The molecule has 0 rings (SSSR count). The highest BCUT2D eigenvalue weighted by atomic mass is 16.6. The van der Waals surface area contributed by atoms with E-state index in [-0.39, 0.29) is 5.76 Å². The maximum atomic E-state index is 9.56. The van der Waals surface area contributed by atoms with Crippen molar-refractivity contribution in [2.75, 3.05) is 26.7 Å². The molecule has 0 atom stereocenters. The standard InChI is InChI=1S/C18H32N2O2/c1-4-6-7-9-12-17(15-18(21)5-2)16-22-20-14-11-8-10-13-19-3/h4-5,12,15,19-21H,1-2,6-11,13-14,16H2,3H3/b17-12+,18-15+. The minimum atomic E-state index is 0.158. The SMILES string of the molecule is C=CCCC/C=C(\C=C(\O)C=C)CONCCCCCNC. The molecule has 0 aliphatic heterocycles. The molecule has 22 heavy (non-hydrogen) atoms. The number of hydroxylamine groups is 1. The first-order valence-electron chi connectivity index (χ1n) is 8.06. The van der Waals surface area contributed by atoms with Gasteiger partial charge in [0, 0.05) is 6.54 Å². The largest absolute Gasteiger partial charge is 0.508 e. The second-order valence-electron chi connectivity index (χ2n) is 5.12. The minimum absolute atomic E-state index is 0.158. The molecule has 0 aromatic rings. The Morgan fingerprint density at radius 1 is 1.09 bits per heavy atom. The van der Waals surface area contributed by atoms with E-state index in [0.717, 1.165) is 44.3 Å². The molecule has 0 unspecified atom stereocenters. The number of hydrogen-bond acceptors (Lipinski definition) is 4. The molecule has 0 heterocycles. The number of aliphatic hydroxyl groups excluding tert-OH is 1. The number of rotatable bonds is 15. The van der Waals surface area contributed by atoms with Gasteiger partial charge in [-0.05, 0) is 63.4 Å². The molecule has 0 aliphatic rings. The van der Waals surface area contributed by atoms with Gasteiger partial charge in [0.1, 0.15) is 5.76 Å². The minimum Gasteiger partial charge on any atom is -0.508 e. The fourth-order valence-corrected chi connectivity index (χ4v) is 1.84. The molecule has 0 radical (unpaired) electrons. The van der Waals surface area contributed by atoms with Crippen molar-refractivity contribution in [3.63, 3.8) is 0 Å². The molecule has 0 aromatic carbocycles. The molecule has 3 N–H and O–H groups in total. The smallest absolute Gasteiger partial charge is 0.115 e. The van der Waals surface area contributed by atoms with Crippen LogP contribution in [0, 0.1) is 0 Å². The van der Waals surface area contributed by atoms with Crippen LogP contribution < -0.4 is 10.8 Å². The zero-order valence-electron chi connectivity index (χ0n) is 13.9. The molecular formula is C18H32N2O2. The van der Waals surface area contributed by atoms with Crippen LogP contribution in [0.5, 0.6) is 0 Å². The zero-order valence-corrected chi connectivity index (χ0v) is 13.9. The first-order valence-corrected chi connectivity index (χ1v) is 8.06. The van der Waals surface area contributed by atoms with Crippen molar-refractivity contribution in [3.05, 3.63) is 48.8 Å². The third-order valence-corrected chi connectivity index (χ3v) is 3.11. The summed E-state index contributed by atoms with van der Waals surface area (Å²) >= 11 is 0. The van der Waals surface area contributed by atoms with Crippen LogP contribution >= 0.6 is 0 Å². The normalized spacial score (nSPS) is 12.4. The first kappa shape index (κ1) is 20.6. The zero-order chi connectivity index (χ0) is 16.5. The van der Waals surface area contributed by atoms with Crippen LogP contribution in [-0.2, 0) is 4.84 Å². The Balaban J connectivity index is 3.97. The van der Waals surface area contributed by atoms with Gasteiger partial charge in [0.25, 0.3) is 0 Å². The monoisotopic (exact) mass is 308 g/mol. The summed E-state index contributed by atoms with van der Waals surface area (Å²) in [7, 11) is 1.97. The van der Waals surface area contributed by atoms with Gasteiger partial charge in [0.05, 0.1) is 6.61 Å². The second kappa shape index (κ2) is 16.0. The van der Waals surface area contributed by atoms with Gasteiger partial charge in [-0.1, -0.05) is 25.2 Å². The van der Waals surface area contributed by atoms with Crippen molar-refractivity contribution in [3.8, 4) is 0 Å². The average Bonchev–Trinajstić information content (AvgIpc) is 2.53. The molecule has 4 heteroatoms. The lowest BCUT2D eigenvalue weighted by atomic mass is 10.1. The van der Waals surface area contributed by atoms with Gasteiger partial charge in [0.15, 0.2) is 0 Å². The first-order chi connectivity index (χ1) is 10.7. The molecule has 4 nitrogen and oxygen atoms in total. The van der Waals surface area contributed by atoms with Gasteiger partial charge in [-0.25, -0.2) is 5.48 Å². The van der Waals surface area contributed by atoms with E-state index in [0.29, 0.717) is 6.61 Å². The van der Waals surface area contributed by atoms with E-state index >= 15 is 0 Å². The van der Waals surface area contributed by atoms with Gasteiger partial charge in [-0.3, -0.25) is 4.84 Å². The van der Waals surface area contributed by atoms with Crippen molar-refractivity contribution >= 4 is 0 Å². The maximum Gasteiger partial charge on any atom is 0.115 e. The average molecular weight is 308 g/mol. The van der Waals surface area contributed by atoms with Crippen LogP contribution in [0.25, 0.3) is 0 Å². The Kier molecular flexibility index (Phi) is 15.0. The van der Waals surface area contributed by atoms with Crippen molar-refractivity contribution in [1.82, 2.24) is 10.8 Å². The van der Waals surface area contributed by atoms with Crippen LogP contribution in [0.4, 0.5) is 0 Å². The van der Waals surface area contributed by atoms with Crippen LogP contribution in [0.15, 0.2) is 48.8 Å². The predicted octanol–water partition coefficient (Wildman–Crippen LogP) is 3.81. The number of hydrogen-bond donors (Lipinski definition) is 3. The fourth-order valence-electron chi connectivity index (χ4n) is 1.84. The Morgan fingerprint density at radius 3 is 2.55 bits per heavy atom.